The van der Waals surface area contributed by atoms with Crippen LogP contribution in [0.2, 0.25) is 0 Å². The maximum absolute atomic E-state index is 12.6. The lowest BCUT2D eigenvalue weighted by Crippen LogP contribution is -2.31. The Bertz CT molecular complexity index is 398. The van der Waals surface area contributed by atoms with E-state index in [4.69, 9.17) is 5.11 Å². The van der Waals surface area contributed by atoms with Gasteiger partial charge in [0.25, 0.3) is 0 Å². The topological polar surface area (TPSA) is 49.3 Å². The Hall–Kier alpha value is -1.42. The van der Waals surface area contributed by atoms with Crippen molar-refractivity contribution in [2.45, 2.75) is 19.3 Å². The molecule has 0 aliphatic heterocycles. The Morgan fingerprint density at radius 1 is 1.35 bits per heavy atom. The maximum atomic E-state index is 12.6. The number of halogens is 1. The second kappa shape index (κ2) is 4.84. The Kier molecular flexibility index (Phi) is 3.43. The second-order valence-corrected chi connectivity index (χ2v) is 4.64. The fraction of sp³-hybridized carbons (Fsp3) is 0.462. The molecule has 0 heterocycles. The molecule has 1 saturated carbocycles. The molecule has 4 heteroatoms. The van der Waals surface area contributed by atoms with Gasteiger partial charge >= 0.3 is 5.97 Å². The molecule has 0 saturated heterocycles. The van der Waals surface area contributed by atoms with E-state index in [1.165, 1.54) is 12.1 Å². The Morgan fingerprint density at radius 2 is 2.00 bits per heavy atom. The van der Waals surface area contributed by atoms with Gasteiger partial charge in [-0.15, -0.1) is 0 Å². The Balaban J connectivity index is 1.70. The molecule has 0 atom stereocenters. The van der Waals surface area contributed by atoms with E-state index >= 15 is 0 Å². The van der Waals surface area contributed by atoms with E-state index in [9.17, 15) is 9.18 Å². The van der Waals surface area contributed by atoms with Crippen molar-refractivity contribution in [2.24, 2.45) is 5.41 Å². The molecule has 3 nitrogen and oxygen atoms in total. The summed E-state index contributed by atoms with van der Waals surface area (Å²) in [7, 11) is 0. The largest absolute Gasteiger partial charge is 0.481 e. The minimum atomic E-state index is -0.702. The highest BCUT2D eigenvalue weighted by atomic mass is 19.1. The van der Waals surface area contributed by atoms with E-state index in [0.29, 0.717) is 6.54 Å². The van der Waals surface area contributed by atoms with Gasteiger partial charge in [-0.1, -0.05) is 12.1 Å². The normalized spacial score (nSPS) is 16.8. The average Bonchev–Trinajstić information content (AvgIpc) is 3.08. The predicted molar refractivity (Wildman–Crippen MR) is 62.3 cm³/mol. The van der Waals surface area contributed by atoms with Gasteiger partial charge in [0, 0.05) is 6.54 Å². The smallest absolute Gasteiger partial charge is 0.310 e. The van der Waals surface area contributed by atoms with Crippen LogP contribution in [0.5, 0.6) is 0 Å². The van der Waals surface area contributed by atoms with E-state index in [0.717, 1.165) is 31.4 Å². The molecular weight excluding hydrogens is 221 g/mol. The fourth-order valence-electron chi connectivity index (χ4n) is 1.83. The van der Waals surface area contributed by atoms with Crippen molar-refractivity contribution in [3.63, 3.8) is 0 Å². The molecule has 0 radical (unpaired) electrons. The van der Waals surface area contributed by atoms with Crippen molar-refractivity contribution in [3.8, 4) is 0 Å². The highest BCUT2D eigenvalue weighted by Crippen LogP contribution is 2.45. The number of hydrogen-bond donors (Lipinski definition) is 2. The third kappa shape index (κ3) is 3.03. The van der Waals surface area contributed by atoms with Crippen LogP contribution in [-0.4, -0.2) is 24.2 Å². The number of carbonyl (C=O) groups is 1. The first-order valence-corrected chi connectivity index (χ1v) is 5.81. The van der Waals surface area contributed by atoms with Gasteiger partial charge < -0.3 is 10.4 Å². The number of hydrogen-bond acceptors (Lipinski definition) is 2. The molecular formula is C13H16FNO2. The zero-order valence-corrected chi connectivity index (χ0v) is 9.58. The molecule has 0 aromatic heterocycles. The highest BCUT2D eigenvalue weighted by molar-refractivity contribution is 5.78. The molecule has 1 aliphatic rings. The van der Waals surface area contributed by atoms with E-state index in [2.05, 4.69) is 5.32 Å². The van der Waals surface area contributed by atoms with Crippen LogP contribution in [0.3, 0.4) is 0 Å². The first-order chi connectivity index (χ1) is 8.12. The zero-order chi connectivity index (χ0) is 12.3. The molecule has 92 valence electrons. The first-order valence-electron chi connectivity index (χ1n) is 5.81. The summed E-state index contributed by atoms with van der Waals surface area (Å²) in [4.78, 5) is 10.9. The minimum Gasteiger partial charge on any atom is -0.481 e. The van der Waals surface area contributed by atoms with Crippen LogP contribution >= 0.6 is 0 Å². The van der Waals surface area contributed by atoms with Crippen LogP contribution in [0.1, 0.15) is 18.4 Å². The van der Waals surface area contributed by atoms with Gasteiger partial charge in [-0.3, -0.25) is 4.79 Å². The number of aliphatic carboxylic acids is 1. The van der Waals surface area contributed by atoms with Crippen LogP contribution in [0.4, 0.5) is 4.39 Å². The summed E-state index contributed by atoms with van der Waals surface area (Å²) < 4.78 is 12.6. The lowest BCUT2D eigenvalue weighted by Gasteiger charge is -2.10. The van der Waals surface area contributed by atoms with Gasteiger partial charge in [0.15, 0.2) is 0 Å². The third-order valence-corrected chi connectivity index (χ3v) is 3.27. The first kappa shape index (κ1) is 12.0. The maximum Gasteiger partial charge on any atom is 0.310 e. The van der Waals surface area contributed by atoms with E-state index in [1.807, 2.05) is 0 Å². The number of nitrogens with one attached hydrogen (secondary N) is 1. The minimum absolute atomic E-state index is 0.232. The standard InChI is InChI=1S/C13H16FNO2/c14-11-3-1-10(2-4-11)5-8-15-9-13(6-7-13)12(16)17/h1-4,15H,5-9H2,(H,16,17). The summed E-state index contributed by atoms with van der Waals surface area (Å²) in [5.74, 6) is -0.934. The van der Waals surface area contributed by atoms with Gasteiger partial charge in [-0.05, 0) is 43.5 Å². The molecule has 0 spiro atoms. The van der Waals surface area contributed by atoms with E-state index < -0.39 is 11.4 Å². The highest BCUT2D eigenvalue weighted by Gasteiger charge is 2.49. The van der Waals surface area contributed by atoms with Crippen molar-refractivity contribution in [1.82, 2.24) is 5.32 Å². The molecule has 2 N–H and O–H groups in total. The van der Waals surface area contributed by atoms with Crippen LogP contribution in [0.25, 0.3) is 0 Å². The molecule has 1 aromatic carbocycles. The van der Waals surface area contributed by atoms with Gasteiger partial charge in [0.1, 0.15) is 5.82 Å². The quantitative estimate of drug-likeness (QED) is 0.742. The number of carboxylic acids is 1. The summed E-state index contributed by atoms with van der Waals surface area (Å²) in [6.45, 7) is 1.25. The molecule has 2 rings (SSSR count). The SMILES string of the molecule is O=C(O)C1(CNCCc2ccc(F)cc2)CC1. The van der Waals surface area contributed by atoms with Gasteiger partial charge in [-0.2, -0.15) is 0 Å². The third-order valence-electron chi connectivity index (χ3n) is 3.27. The molecule has 0 bridgehead atoms. The van der Waals surface area contributed by atoms with Crippen molar-refractivity contribution in [3.05, 3.63) is 35.6 Å². The Morgan fingerprint density at radius 3 is 2.53 bits per heavy atom. The molecule has 1 fully saturated rings. The Labute approximate surface area is 99.7 Å². The lowest BCUT2D eigenvalue weighted by molar-refractivity contribution is -0.143. The lowest BCUT2D eigenvalue weighted by atomic mass is 10.1. The summed E-state index contributed by atoms with van der Waals surface area (Å²) in [6, 6.07) is 6.38. The van der Waals surface area contributed by atoms with Gasteiger partial charge in [0.05, 0.1) is 5.41 Å². The van der Waals surface area contributed by atoms with Crippen molar-refractivity contribution in [2.75, 3.05) is 13.1 Å². The number of carboxylic acid groups (broad SMARTS) is 1. The number of rotatable bonds is 6. The van der Waals surface area contributed by atoms with E-state index in [-0.39, 0.29) is 5.82 Å². The molecule has 0 unspecified atom stereocenters. The second-order valence-electron chi connectivity index (χ2n) is 4.64. The average molecular weight is 237 g/mol. The monoisotopic (exact) mass is 237 g/mol. The summed E-state index contributed by atoms with van der Waals surface area (Å²) in [6.07, 6.45) is 2.33. The van der Waals surface area contributed by atoms with Crippen molar-refractivity contribution in [1.29, 1.82) is 0 Å². The summed E-state index contributed by atoms with van der Waals surface area (Å²) in [5, 5.41) is 12.1. The molecule has 0 amide bonds. The summed E-state index contributed by atoms with van der Waals surface area (Å²) >= 11 is 0. The summed E-state index contributed by atoms with van der Waals surface area (Å²) in [5.41, 5.74) is 0.544. The van der Waals surface area contributed by atoms with Crippen molar-refractivity contribution < 1.29 is 14.3 Å². The van der Waals surface area contributed by atoms with Crippen LogP contribution < -0.4 is 5.32 Å². The predicted octanol–water partition coefficient (Wildman–Crippen LogP) is 1.82. The van der Waals surface area contributed by atoms with Gasteiger partial charge in [-0.25, -0.2) is 4.39 Å². The van der Waals surface area contributed by atoms with Gasteiger partial charge in [0.2, 0.25) is 0 Å². The van der Waals surface area contributed by atoms with Crippen LogP contribution in [0, 0.1) is 11.2 Å². The van der Waals surface area contributed by atoms with Crippen molar-refractivity contribution >= 4 is 5.97 Å². The van der Waals surface area contributed by atoms with Crippen LogP contribution in [-0.2, 0) is 11.2 Å². The van der Waals surface area contributed by atoms with Crippen LogP contribution in [0.15, 0.2) is 24.3 Å². The molecule has 1 aliphatic carbocycles. The molecule has 17 heavy (non-hydrogen) atoms. The molecule has 1 aromatic rings. The van der Waals surface area contributed by atoms with E-state index in [1.54, 1.807) is 12.1 Å². The fourth-order valence-corrected chi connectivity index (χ4v) is 1.83. The number of benzene rings is 1. The zero-order valence-electron chi connectivity index (χ0n) is 9.58.